The first kappa shape index (κ1) is 14.8. The van der Waals surface area contributed by atoms with E-state index in [2.05, 4.69) is 44.1 Å². The quantitative estimate of drug-likeness (QED) is 0.909. The highest BCUT2D eigenvalue weighted by Gasteiger charge is 2.34. The number of hydrogen-bond donors (Lipinski definition) is 1. The molecule has 114 valence electrons. The third kappa shape index (κ3) is 3.06. The Labute approximate surface area is 130 Å². The summed E-state index contributed by atoms with van der Waals surface area (Å²) < 4.78 is 5.90. The fraction of sp³-hybridized carbons (Fsp3) is 0.588. The van der Waals surface area contributed by atoms with Crippen molar-refractivity contribution in [1.29, 1.82) is 0 Å². The molecule has 0 saturated carbocycles. The van der Waals surface area contributed by atoms with Crippen LogP contribution in [0.3, 0.4) is 0 Å². The summed E-state index contributed by atoms with van der Waals surface area (Å²) in [4.78, 5) is 5.86. The van der Waals surface area contributed by atoms with E-state index in [1.807, 2.05) is 6.92 Å². The first-order valence-corrected chi connectivity index (χ1v) is 8.41. The predicted molar refractivity (Wildman–Crippen MR) is 86.7 cm³/mol. The molecule has 2 aromatic rings. The molecule has 0 aromatic carbocycles. The average molecular weight is 304 g/mol. The minimum atomic E-state index is 0.285. The largest absolute Gasteiger partial charge is 0.466 e. The smallest absolute Gasteiger partial charge is 0.109 e. The molecule has 0 bridgehead atoms. The maximum Gasteiger partial charge on any atom is 0.109 e. The lowest BCUT2D eigenvalue weighted by atomic mass is 9.75. The van der Waals surface area contributed by atoms with Crippen LogP contribution in [0.2, 0.25) is 0 Å². The Hall–Kier alpha value is -1.13. The van der Waals surface area contributed by atoms with Gasteiger partial charge in [0.1, 0.15) is 11.5 Å². The van der Waals surface area contributed by atoms with Gasteiger partial charge in [0.15, 0.2) is 0 Å². The number of nitrogens with one attached hydrogen (secondary N) is 1. The SMILES string of the molecule is Cc1cc2c(o1)CC(C)(C)CC2NCc1sc(C)nc1C. The van der Waals surface area contributed by atoms with E-state index in [0.717, 1.165) is 35.8 Å². The highest BCUT2D eigenvalue weighted by molar-refractivity contribution is 7.11. The molecule has 21 heavy (non-hydrogen) atoms. The number of aromatic nitrogens is 1. The molecular formula is C17H24N2OS. The van der Waals surface area contributed by atoms with Crippen LogP contribution in [0.15, 0.2) is 10.5 Å². The summed E-state index contributed by atoms with van der Waals surface area (Å²) >= 11 is 1.79. The van der Waals surface area contributed by atoms with Crippen LogP contribution < -0.4 is 5.32 Å². The Morgan fingerprint density at radius 3 is 2.81 bits per heavy atom. The van der Waals surface area contributed by atoms with Crippen molar-refractivity contribution < 1.29 is 4.42 Å². The second-order valence-electron chi connectivity index (χ2n) is 6.96. The summed E-state index contributed by atoms with van der Waals surface area (Å²) in [6, 6.07) is 2.58. The van der Waals surface area contributed by atoms with Gasteiger partial charge in [0.25, 0.3) is 0 Å². The van der Waals surface area contributed by atoms with Gasteiger partial charge in [-0.25, -0.2) is 4.98 Å². The van der Waals surface area contributed by atoms with Gasteiger partial charge in [-0.2, -0.15) is 0 Å². The van der Waals surface area contributed by atoms with Gasteiger partial charge in [-0.1, -0.05) is 13.8 Å². The van der Waals surface area contributed by atoms with Gasteiger partial charge in [0, 0.05) is 29.4 Å². The van der Waals surface area contributed by atoms with Crippen LogP contribution in [0.5, 0.6) is 0 Å². The number of thiazole rings is 1. The second-order valence-corrected chi connectivity index (χ2v) is 8.24. The van der Waals surface area contributed by atoms with Crippen LogP contribution in [0, 0.1) is 26.2 Å². The van der Waals surface area contributed by atoms with Crippen molar-refractivity contribution >= 4 is 11.3 Å². The maximum absolute atomic E-state index is 5.90. The van der Waals surface area contributed by atoms with Gasteiger partial charge in [0.2, 0.25) is 0 Å². The standard InChI is InChI=1S/C17H24N2OS/c1-10-6-13-14(7-17(4,5)8-15(13)20-10)18-9-16-11(2)19-12(3)21-16/h6,14,18H,7-9H2,1-5H3. The number of nitrogens with zero attached hydrogens (tertiary/aromatic N) is 1. The van der Waals surface area contributed by atoms with Gasteiger partial charge in [-0.05, 0) is 38.7 Å². The Morgan fingerprint density at radius 2 is 2.14 bits per heavy atom. The molecule has 0 aliphatic heterocycles. The molecule has 0 amide bonds. The maximum atomic E-state index is 5.90. The minimum Gasteiger partial charge on any atom is -0.466 e. The van der Waals surface area contributed by atoms with Gasteiger partial charge < -0.3 is 9.73 Å². The van der Waals surface area contributed by atoms with Crippen LogP contribution >= 0.6 is 11.3 Å². The predicted octanol–water partition coefficient (Wildman–Crippen LogP) is 4.46. The van der Waals surface area contributed by atoms with E-state index in [4.69, 9.17) is 4.42 Å². The van der Waals surface area contributed by atoms with Gasteiger partial charge >= 0.3 is 0 Å². The fourth-order valence-corrected chi connectivity index (χ4v) is 4.21. The molecule has 3 nitrogen and oxygen atoms in total. The molecule has 0 saturated heterocycles. The minimum absolute atomic E-state index is 0.285. The van der Waals surface area contributed by atoms with Crippen molar-refractivity contribution in [3.8, 4) is 0 Å². The molecule has 0 spiro atoms. The van der Waals surface area contributed by atoms with Crippen molar-refractivity contribution in [3.05, 3.63) is 38.7 Å². The van der Waals surface area contributed by atoms with E-state index < -0.39 is 0 Å². The van der Waals surface area contributed by atoms with Crippen LogP contribution in [-0.2, 0) is 13.0 Å². The van der Waals surface area contributed by atoms with E-state index in [1.54, 1.807) is 11.3 Å². The van der Waals surface area contributed by atoms with Crippen molar-refractivity contribution in [3.63, 3.8) is 0 Å². The normalized spacial score (nSPS) is 20.5. The van der Waals surface area contributed by atoms with E-state index in [-0.39, 0.29) is 5.41 Å². The van der Waals surface area contributed by atoms with E-state index in [0.29, 0.717) is 6.04 Å². The summed E-state index contributed by atoms with van der Waals surface area (Å²) in [5.41, 5.74) is 2.79. The number of furan rings is 1. The summed E-state index contributed by atoms with van der Waals surface area (Å²) in [7, 11) is 0. The lowest BCUT2D eigenvalue weighted by Crippen LogP contribution is -2.32. The third-order valence-corrected chi connectivity index (χ3v) is 5.32. The number of fused-ring (bicyclic) bond motifs is 1. The Bertz CT molecular complexity index is 654. The van der Waals surface area contributed by atoms with Gasteiger partial charge in [-0.3, -0.25) is 0 Å². The lowest BCUT2D eigenvalue weighted by Gasteiger charge is -2.34. The van der Waals surface area contributed by atoms with Crippen LogP contribution in [0.25, 0.3) is 0 Å². The van der Waals surface area contributed by atoms with Crippen molar-refractivity contribution in [1.82, 2.24) is 10.3 Å². The van der Waals surface area contributed by atoms with E-state index >= 15 is 0 Å². The van der Waals surface area contributed by atoms with Crippen molar-refractivity contribution in [2.75, 3.05) is 0 Å². The average Bonchev–Trinajstić information content (AvgIpc) is 2.87. The molecule has 1 unspecified atom stereocenters. The zero-order valence-corrected chi connectivity index (χ0v) is 14.4. The van der Waals surface area contributed by atoms with E-state index in [9.17, 15) is 0 Å². The molecule has 1 aliphatic rings. The second kappa shape index (κ2) is 5.25. The van der Waals surface area contributed by atoms with E-state index in [1.165, 1.54) is 16.2 Å². The monoisotopic (exact) mass is 304 g/mol. The van der Waals surface area contributed by atoms with Crippen LogP contribution in [0.4, 0.5) is 0 Å². The zero-order chi connectivity index (χ0) is 15.2. The third-order valence-electron chi connectivity index (χ3n) is 4.24. The first-order valence-electron chi connectivity index (χ1n) is 7.59. The number of hydrogen-bond acceptors (Lipinski definition) is 4. The molecule has 3 rings (SSSR count). The number of aryl methyl sites for hydroxylation is 3. The van der Waals surface area contributed by atoms with Crippen molar-refractivity contribution in [2.24, 2.45) is 5.41 Å². The fourth-order valence-electron chi connectivity index (χ4n) is 3.32. The first-order chi connectivity index (χ1) is 9.84. The topological polar surface area (TPSA) is 38.1 Å². The Morgan fingerprint density at radius 1 is 1.38 bits per heavy atom. The Balaban J connectivity index is 1.80. The van der Waals surface area contributed by atoms with Gasteiger partial charge in [-0.15, -0.1) is 11.3 Å². The molecule has 2 aromatic heterocycles. The summed E-state index contributed by atoms with van der Waals surface area (Å²) in [6.07, 6.45) is 2.18. The highest BCUT2D eigenvalue weighted by Crippen LogP contribution is 2.42. The Kier molecular flexibility index (Phi) is 3.70. The van der Waals surface area contributed by atoms with Crippen molar-refractivity contribution in [2.45, 2.75) is 60.0 Å². The van der Waals surface area contributed by atoms with Gasteiger partial charge in [0.05, 0.1) is 10.7 Å². The molecule has 1 aliphatic carbocycles. The number of rotatable bonds is 3. The highest BCUT2D eigenvalue weighted by atomic mass is 32.1. The molecule has 1 N–H and O–H groups in total. The molecule has 2 heterocycles. The molecule has 4 heteroatoms. The molecule has 1 atom stereocenters. The zero-order valence-electron chi connectivity index (χ0n) is 13.5. The van der Waals surface area contributed by atoms with Crippen LogP contribution in [-0.4, -0.2) is 4.98 Å². The molecule has 0 fully saturated rings. The summed E-state index contributed by atoms with van der Waals surface area (Å²) in [5.74, 6) is 2.19. The summed E-state index contributed by atoms with van der Waals surface area (Å²) in [6.45, 7) is 11.7. The molecular weight excluding hydrogens is 280 g/mol. The molecule has 0 radical (unpaired) electrons. The van der Waals surface area contributed by atoms with Crippen LogP contribution in [0.1, 0.15) is 59.0 Å². The summed E-state index contributed by atoms with van der Waals surface area (Å²) in [5, 5.41) is 4.87. The lowest BCUT2D eigenvalue weighted by molar-refractivity contribution is 0.234.